The SMILES string of the molecule is C=C/C(=C\CC)Nc1ncc(C2CC2)c(NCCCN2CCCCC2=O)n1. The Kier molecular flexibility index (Phi) is 6.85. The second-order valence-electron chi connectivity index (χ2n) is 7.29. The average molecular weight is 370 g/mol. The Hall–Kier alpha value is -2.37. The zero-order valence-corrected chi connectivity index (χ0v) is 16.3. The molecule has 3 rings (SSSR count). The number of anilines is 2. The minimum absolute atomic E-state index is 0.299. The van der Waals surface area contributed by atoms with Gasteiger partial charge in [-0.2, -0.15) is 4.98 Å². The fraction of sp³-hybridized carbons (Fsp3) is 0.571. The van der Waals surface area contributed by atoms with Crippen molar-refractivity contribution in [2.75, 3.05) is 30.3 Å². The van der Waals surface area contributed by atoms with E-state index in [0.717, 1.165) is 56.8 Å². The predicted molar refractivity (Wildman–Crippen MR) is 110 cm³/mol. The van der Waals surface area contributed by atoms with Crippen molar-refractivity contribution in [2.45, 2.75) is 57.8 Å². The van der Waals surface area contributed by atoms with Crippen LogP contribution in [0.25, 0.3) is 0 Å². The van der Waals surface area contributed by atoms with E-state index < -0.39 is 0 Å². The molecule has 1 aliphatic heterocycles. The molecule has 0 bridgehead atoms. The number of carbonyl (C=O) groups excluding carboxylic acids is 1. The number of hydrogen-bond donors (Lipinski definition) is 2. The Balaban J connectivity index is 1.58. The molecular weight excluding hydrogens is 338 g/mol. The molecule has 146 valence electrons. The number of aromatic nitrogens is 2. The van der Waals surface area contributed by atoms with Crippen LogP contribution in [0.1, 0.15) is 63.4 Å². The molecule has 2 fully saturated rings. The molecule has 0 atom stereocenters. The van der Waals surface area contributed by atoms with Crippen molar-refractivity contribution in [3.8, 4) is 0 Å². The number of piperidine rings is 1. The molecule has 1 saturated carbocycles. The Morgan fingerprint density at radius 3 is 2.96 bits per heavy atom. The fourth-order valence-corrected chi connectivity index (χ4v) is 3.40. The van der Waals surface area contributed by atoms with Crippen LogP contribution in [-0.4, -0.2) is 40.4 Å². The van der Waals surface area contributed by atoms with E-state index in [2.05, 4.69) is 35.2 Å². The average Bonchev–Trinajstić information content (AvgIpc) is 3.51. The quantitative estimate of drug-likeness (QED) is 0.481. The van der Waals surface area contributed by atoms with Crippen molar-refractivity contribution in [3.05, 3.63) is 36.2 Å². The topological polar surface area (TPSA) is 70.2 Å². The van der Waals surface area contributed by atoms with E-state index in [4.69, 9.17) is 4.98 Å². The summed E-state index contributed by atoms with van der Waals surface area (Å²) in [5.74, 6) is 2.39. The van der Waals surface area contributed by atoms with Gasteiger partial charge in [-0.1, -0.05) is 19.6 Å². The van der Waals surface area contributed by atoms with Crippen LogP contribution in [0, 0.1) is 0 Å². The smallest absolute Gasteiger partial charge is 0.229 e. The molecule has 1 aliphatic carbocycles. The maximum absolute atomic E-state index is 11.9. The van der Waals surface area contributed by atoms with Crippen LogP contribution in [0.5, 0.6) is 0 Å². The predicted octanol–water partition coefficient (Wildman–Crippen LogP) is 4.06. The number of amides is 1. The summed E-state index contributed by atoms with van der Waals surface area (Å²) < 4.78 is 0. The molecule has 6 heteroatoms. The van der Waals surface area contributed by atoms with E-state index in [1.165, 1.54) is 18.4 Å². The van der Waals surface area contributed by atoms with Crippen LogP contribution in [0.15, 0.2) is 30.6 Å². The summed E-state index contributed by atoms with van der Waals surface area (Å²) in [6, 6.07) is 0. The molecular formula is C21H31N5O. The third-order valence-electron chi connectivity index (χ3n) is 5.05. The van der Waals surface area contributed by atoms with Crippen molar-refractivity contribution in [1.82, 2.24) is 14.9 Å². The Labute approximate surface area is 162 Å². The van der Waals surface area contributed by atoms with E-state index in [1.54, 1.807) is 6.08 Å². The van der Waals surface area contributed by atoms with Crippen LogP contribution in [0.3, 0.4) is 0 Å². The van der Waals surface area contributed by atoms with Crippen molar-refractivity contribution < 1.29 is 4.79 Å². The molecule has 0 radical (unpaired) electrons. The highest BCUT2D eigenvalue weighted by atomic mass is 16.2. The third kappa shape index (κ3) is 5.55. The van der Waals surface area contributed by atoms with E-state index in [-0.39, 0.29) is 0 Å². The Morgan fingerprint density at radius 2 is 2.26 bits per heavy atom. The van der Waals surface area contributed by atoms with Gasteiger partial charge in [0.1, 0.15) is 5.82 Å². The number of allylic oxidation sites excluding steroid dienone is 2. The summed E-state index contributed by atoms with van der Waals surface area (Å²) in [5.41, 5.74) is 2.13. The minimum Gasteiger partial charge on any atom is -0.370 e. The largest absolute Gasteiger partial charge is 0.370 e. The first-order valence-corrected chi connectivity index (χ1v) is 10.2. The number of nitrogens with one attached hydrogen (secondary N) is 2. The van der Waals surface area contributed by atoms with Crippen molar-refractivity contribution in [3.63, 3.8) is 0 Å². The first-order valence-electron chi connectivity index (χ1n) is 10.2. The van der Waals surface area contributed by atoms with E-state index in [0.29, 0.717) is 24.2 Å². The summed E-state index contributed by atoms with van der Waals surface area (Å²) in [6.45, 7) is 8.45. The number of hydrogen-bond acceptors (Lipinski definition) is 5. The van der Waals surface area contributed by atoms with Crippen molar-refractivity contribution in [1.29, 1.82) is 0 Å². The van der Waals surface area contributed by atoms with Crippen molar-refractivity contribution >= 4 is 17.7 Å². The zero-order valence-electron chi connectivity index (χ0n) is 16.3. The van der Waals surface area contributed by atoms with Gasteiger partial charge < -0.3 is 15.5 Å². The lowest BCUT2D eigenvalue weighted by molar-refractivity contribution is -0.133. The van der Waals surface area contributed by atoms with Gasteiger partial charge in [-0.15, -0.1) is 0 Å². The molecule has 2 heterocycles. The second-order valence-corrected chi connectivity index (χ2v) is 7.29. The van der Waals surface area contributed by atoms with Gasteiger partial charge in [0.15, 0.2) is 0 Å². The third-order valence-corrected chi connectivity index (χ3v) is 5.05. The van der Waals surface area contributed by atoms with Gasteiger partial charge in [0.05, 0.1) is 0 Å². The van der Waals surface area contributed by atoms with E-state index in [1.807, 2.05) is 11.1 Å². The maximum atomic E-state index is 11.9. The summed E-state index contributed by atoms with van der Waals surface area (Å²) in [4.78, 5) is 23.1. The van der Waals surface area contributed by atoms with Gasteiger partial charge in [0.25, 0.3) is 0 Å². The normalized spacial score (nSPS) is 17.7. The molecule has 6 nitrogen and oxygen atoms in total. The van der Waals surface area contributed by atoms with Gasteiger partial charge in [-0.25, -0.2) is 4.98 Å². The number of nitrogens with zero attached hydrogens (tertiary/aromatic N) is 3. The highest BCUT2D eigenvalue weighted by molar-refractivity contribution is 5.76. The molecule has 0 unspecified atom stereocenters. The number of rotatable bonds is 10. The molecule has 0 spiro atoms. The standard InChI is InChI=1S/C21H31N5O/c1-3-8-17(4-2)24-21-23-15-18(16-10-11-16)20(25-21)22-12-7-14-26-13-6-5-9-19(26)27/h4,8,15-16H,2-3,5-7,9-14H2,1H3,(H2,22,23,24,25)/b17-8+. The van der Waals surface area contributed by atoms with Crippen LogP contribution in [-0.2, 0) is 4.79 Å². The van der Waals surface area contributed by atoms with E-state index >= 15 is 0 Å². The second kappa shape index (κ2) is 9.53. The molecule has 1 aromatic rings. The highest BCUT2D eigenvalue weighted by Gasteiger charge is 2.27. The summed E-state index contributed by atoms with van der Waals surface area (Å²) in [7, 11) is 0. The summed E-state index contributed by atoms with van der Waals surface area (Å²) >= 11 is 0. The molecule has 27 heavy (non-hydrogen) atoms. The summed E-state index contributed by atoms with van der Waals surface area (Å²) in [5, 5.41) is 6.71. The fourth-order valence-electron chi connectivity index (χ4n) is 3.40. The van der Waals surface area contributed by atoms with Gasteiger partial charge in [-0.3, -0.25) is 4.79 Å². The van der Waals surface area contributed by atoms with Gasteiger partial charge in [0, 0.05) is 43.5 Å². The van der Waals surface area contributed by atoms with Crippen LogP contribution < -0.4 is 10.6 Å². The monoisotopic (exact) mass is 369 g/mol. The molecule has 0 aromatic carbocycles. The van der Waals surface area contributed by atoms with Gasteiger partial charge in [-0.05, 0) is 50.5 Å². The number of likely N-dealkylation sites (tertiary alicyclic amines) is 1. The maximum Gasteiger partial charge on any atom is 0.229 e. The molecule has 1 aromatic heterocycles. The van der Waals surface area contributed by atoms with Crippen molar-refractivity contribution in [2.24, 2.45) is 0 Å². The lowest BCUT2D eigenvalue weighted by Crippen LogP contribution is -2.36. The zero-order chi connectivity index (χ0) is 19.1. The first kappa shape index (κ1) is 19.4. The molecule has 2 aliphatic rings. The van der Waals surface area contributed by atoms with Gasteiger partial charge in [0.2, 0.25) is 11.9 Å². The van der Waals surface area contributed by atoms with Crippen LogP contribution in [0.4, 0.5) is 11.8 Å². The molecule has 1 saturated heterocycles. The lowest BCUT2D eigenvalue weighted by atomic mass is 10.1. The highest BCUT2D eigenvalue weighted by Crippen LogP contribution is 2.42. The van der Waals surface area contributed by atoms with Crippen LogP contribution in [0.2, 0.25) is 0 Å². The van der Waals surface area contributed by atoms with Crippen LogP contribution >= 0.6 is 0 Å². The Bertz CT molecular complexity index is 696. The van der Waals surface area contributed by atoms with Gasteiger partial charge >= 0.3 is 0 Å². The Morgan fingerprint density at radius 1 is 1.41 bits per heavy atom. The molecule has 1 amide bonds. The number of carbonyl (C=O) groups is 1. The first-order chi connectivity index (χ1) is 13.2. The lowest BCUT2D eigenvalue weighted by Gasteiger charge is -2.26. The minimum atomic E-state index is 0.299. The summed E-state index contributed by atoms with van der Waals surface area (Å²) in [6.07, 6.45) is 12.9. The van der Waals surface area contributed by atoms with E-state index in [9.17, 15) is 4.79 Å². The molecule has 2 N–H and O–H groups in total.